The van der Waals surface area contributed by atoms with E-state index in [-0.39, 0.29) is 18.5 Å². The van der Waals surface area contributed by atoms with Gasteiger partial charge in [-0.2, -0.15) is 0 Å². The molecule has 1 N–H and O–H groups in total. The Morgan fingerprint density at radius 3 is 2.62 bits per heavy atom. The molecule has 0 atom stereocenters. The number of nitrogens with one attached hydrogen (secondary N) is 1. The molecule has 0 aliphatic carbocycles. The summed E-state index contributed by atoms with van der Waals surface area (Å²) >= 11 is 0. The number of methoxy groups -OCH3 is 1. The lowest BCUT2D eigenvalue weighted by Gasteiger charge is -2.03. The predicted octanol–water partition coefficient (Wildman–Crippen LogP) is -0.298. The second-order valence-corrected chi connectivity index (χ2v) is 2.47. The summed E-state index contributed by atoms with van der Waals surface area (Å²) in [7, 11) is 1.31. The molecule has 0 aliphatic heterocycles. The molecular weight excluding hydrogens is 174 g/mol. The van der Waals surface area contributed by atoms with Gasteiger partial charge in [-0.1, -0.05) is 0 Å². The Balaban J connectivity index is 3.08. The van der Waals surface area contributed by atoms with Crippen LogP contribution in [0.1, 0.15) is 13.3 Å². The number of rotatable bonds is 6. The minimum atomic E-state index is -0.389. The standard InChI is InChI=1S/C8H15NO4/c1-7(10)9-4-3-5-13-6-8(11)12-2/h3-6H2,1-2H3,(H,9,10). The number of hydrogen-bond acceptors (Lipinski definition) is 4. The Kier molecular flexibility index (Phi) is 6.91. The molecule has 0 heterocycles. The zero-order valence-corrected chi connectivity index (χ0v) is 7.96. The normalized spacial score (nSPS) is 9.38. The van der Waals surface area contributed by atoms with Gasteiger partial charge in [-0.3, -0.25) is 4.79 Å². The number of ether oxygens (including phenoxy) is 2. The first-order chi connectivity index (χ1) is 6.16. The molecule has 76 valence electrons. The summed E-state index contributed by atoms with van der Waals surface area (Å²) in [5.74, 6) is -0.451. The number of carbonyl (C=O) groups is 2. The van der Waals surface area contributed by atoms with Crippen LogP contribution in [0.5, 0.6) is 0 Å². The SMILES string of the molecule is COC(=O)COCCCNC(C)=O. The van der Waals surface area contributed by atoms with E-state index in [0.29, 0.717) is 19.6 Å². The van der Waals surface area contributed by atoms with Crippen LogP contribution in [0.25, 0.3) is 0 Å². The van der Waals surface area contributed by atoms with Crippen LogP contribution in [-0.4, -0.2) is 38.7 Å². The van der Waals surface area contributed by atoms with Crippen molar-refractivity contribution in [3.8, 4) is 0 Å². The Bertz CT molecular complexity index is 170. The highest BCUT2D eigenvalue weighted by atomic mass is 16.6. The van der Waals surface area contributed by atoms with E-state index in [1.165, 1.54) is 14.0 Å². The third-order valence-corrected chi connectivity index (χ3v) is 1.29. The van der Waals surface area contributed by atoms with Gasteiger partial charge in [0.2, 0.25) is 5.91 Å². The second-order valence-electron chi connectivity index (χ2n) is 2.47. The van der Waals surface area contributed by atoms with Gasteiger partial charge in [0, 0.05) is 20.1 Å². The highest BCUT2D eigenvalue weighted by Crippen LogP contribution is 1.82. The van der Waals surface area contributed by atoms with Crippen LogP contribution in [-0.2, 0) is 19.1 Å². The summed E-state index contributed by atoms with van der Waals surface area (Å²) in [4.78, 5) is 20.9. The quantitative estimate of drug-likeness (QED) is 0.460. The third-order valence-electron chi connectivity index (χ3n) is 1.29. The van der Waals surface area contributed by atoms with Gasteiger partial charge in [-0.15, -0.1) is 0 Å². The smallest absolute Gasteiger partial charge is 0.331 e. The fourth-order valence-electron chi connectivity index (χ4n) is 0.653. The van der Waals surface area contributed by atoms with E-state index >= 15 is 0 Å². The van der Waals surface area contributed by atoms with E-state index in [0.717, 1.165) is 0 Å². The van der Waals surface area contributed by atoms with Gasteiger partial charge >= 0.3 is 5.97 Å². The molecule has 0 saturated heterocycles. The zero-order valence-electron chi connectivity index (χ0n) is 7.96. The minimum absolute atomic E-state index is 0.0312. The van der Waals surface area contributed by atoms with E-state index in [2.05, 4.69) is 10.1 Å². The number of amides is 1. The van der Waals surface area contributed by atoms with Crippen LogP contribution < -0.4 is 5.32 Å². The van der Waals surface area contributed by atoms with E-state index in [1.54, 1.807) is 0 Å². The first-order valence-corrected chi connectivity index (χ1v) is 4.06. The fourth-order valence-corrected chi connectivity index (χ4v) is 0.653. The molecule has 0 rings (SSSR count). The van der Waals surface area contributed by atoms with E-state index in [4.69, 9.17) is 4.74 Å². The van der Waals surface area contributed by atoms with E-state index < -0.39 is 0 Å². The van der Waals surface area contributed by atoms with Crippen LogP contribution in [0, 0.1) is 0 Å². The number of hydrogen-bond donors (Lipinski definition) is 1. The zero-order chi connectivity index (χ0) is 10.1. The lowest BCUT2D eigenvalue weighted by atomic mass is 10.4. The molecule has 0 aromatic rings. The third kappa shape index (κ3) is 8.81. The molecular formula is C8H15NO4. The van der Waals surface area contributed by atoms with Gasteiger partial charge in [-0.05, 0) is 6.42 Å². The molecule has 5 nitrogen and oxygen atoms in total. The molecule has 0 aliphatic rings. The molecule has 5 heteroatoms. The lowest BCUT2D eigenvalue weighted by molar-refractivity contribution is -0.145. The predicted molar refractivity (Wildman–Crippen MR) is 46.1 cm³/mol. The van der Waals surface area contributed by atoms with Gasteiger partial charge in [0.15, 0.2) is 0 Å². The molecule has 0 bridgehead atoms. The largest absolute Gasteiger partial charge is 0.467 e. The van der Waals surface area contributed by atoms with Gasteiger partial charge in [0.25, 0.3) is 0 Å². The molecule has 0 aromatic heterocycles. The van der Waals surface area contributed by atoms with Gasteiger partial charge in [0.05, 0.1) is 7.11 Å². The highest BCUT2D eigenvalue weighted by Gasteiger charge is 1.98. The van der Waals surface area contributed by atoms with Crippen molar-refractivity contribution in [3.05, 3.63) is 0 Å². The molecule has 0 radical (unpaired) electrons. The van der Waals surface area contributed by atoms with Gasteiger partial charge in [-0.25, -0.2) is 4.79 Å². The highest BCUT2D eigenvalue weighted by molar-refractivity contribution is 5.72. The van der Waals surface area contributed by atoms with Crippen LogP contribution in [0.3, 0.4) is 0 Å². The first-order valence-electron chi connectivity index (χ1n) is 4.06. The van der Waals surface area contributed by atoms with Crippen LogP contribution in [0.15, 0.2) is 0 Å². The first kappa shape index (κ1) is 11.9. The Morgan fingerprint density at radius 2 is 2.08 bits per heavy atom. The number of carbonyl (C=O) groups excluding carboxylic acids is 2. The van der Waals surface area contributed by atoms with Crippen LogP contribution in [0.4, 0.5) is 0 Å². The lowest BCUT2D eigenvalue weighted by Crippen LogP contribution is -2.22. The summed E-state index contributed by atoms with van der Waals surface area (Å²) < 4.78 is 9.30. The molecule has 0 saturated carbocycles. The van der Waals surface area contributed by atoms with Crippen LogP contribution >= 0.6 is 0 Å². The Hall–Kier alpha value is -1.10. The Morgan fingerprint density at radius 1 is 1.38 bits per heavy atom. The summed E-state index contributed by atoms with van der Waals surface area (Å²) in [6, 6.07) is 0. The molecule has 0 unspecified atom stereocenters. The van der Waals surface area contributed by atoms with Crippen molar-refractivity contribution in [2.45, 2.75) is 13.3 Å². The maximum Gasteiger partial charge on any atom is 0.331 e. The van der Waals surface area contributed by atoms with Gasteiger partial charge in [0.1, 0.15) is 6.61 Å². The maximum absolute atomic E-state index is 10.5. The fraction of sp³-hybridized carbons (Fsp3) is 0.750. The topological polar surface area (TPSA) is 64.6 Å². The molecule has 0 fully saturated rings. The minimum Gasteiger partial charge on any atom is -0.467 e. The van der Waals surface area contributed by atoms with Crippen molar-refractivity contribution in [1.82, 2.24) is 5.32 Å². The molecule has 13 heavy (non-hydrogen) atoms. The van der Waals surface area contributed by atoms with Gasteiger partial charge < -0.3 is 14.8 Å². The maximum atomic E-state index is 10.5. The second kappa shape index (κ2) is 7.54. The number of esters is 1. The molecule has 1 amide bonds. The molecule has 0 aromatic carbocycles. The van der Waals surface area contributed by atoms with Crippen LogP contribution in [0.2, 0.25) is 0 Å². The Labute approximate surface area is 77.4 Å². The monoisotopic (exact) mass is 189 g/mol. The average Bonchev–Trinajstić information content (AvgIpc) is 2.10. The average molecular weight is 189 g/mol. The summed E-state index contributed by atoms with van der Waals surface area (Å²) in [5, 5.41) is 2.61. The van der Waals surface area contributed by atoms with Crippen molar-refractivity contribution in [2.75, 3.05) is 26.9 Å². The summed E-state index contributed by atoms with van der Waals surface area (Å²) in [6.07, 6.45) is 0.691. The summed E-state index contributed by atoms with van der Waals surface area (Å²) in [5.41, 5.74) is 0. The van der Waals surface area contributed by atoms with Crippen molar-refractivity contribution in [3.63, 3.8) is 0 Å². The van der Waals surface area contributed by atoms with Crippen molar-refractivity contribution in [2.24, 2.45) is 0 Å². The molecule has 0 spiro atoms. The van der Waals surface area contributed by atoms with E-state index in [9.17, 15) is 9.59 Å². The summed E-state index contributed by atoms with van der Waals surface area (Å²) in [6.45, 7) is 2.43. The van der Waals surface area contributed by atoms with Crippen molar-refractivity contribution in [1.29, 1.82) is 0 Å². The van der Waals surface area contributed by atoms with Crippen molar-refractivity contribution >= 4 is 11.9 Å². The van der Waals surface area contributed by atoms with Crippen molar-refractivity contribution < 1.29 is 19.1 Å². The van der Waals surface area contributed by atoms with E-state index in [1.807, 2.05) is 0 Å².